The molecule has 0 unspecified atom stereocenters. The topological polar surface area (TPSA) is 120 Å². The molecule has 0 atom stereocenters. The second kappa shape index (κ2) is 10.8. The van der Waals surface area contributed by atoms with Crippen molar-refractivity contribution in [3.63, 3.8) is 0 Å². The number of aromatic hydroxyl groups is 1. The van der Waals surface area contributed by atoms with E-state index >= 15 is 0 Å². The number of phenolic OH excluding ortho intramolecular Hbond substituents is 1. The average molecular weight is 554 g/mol. The van der Waals surface area contributed by atoms with Gasteiger partial charge in [0.25, 0.3) is 0 Å². The first-order valence-corrected chi connectivity index (χ1v) is 14.1. The number of rotatable bonds is 4. The second-order valence-electron chi connectivity index (χ2n) is 11.7. The van der Waals surface area contributed by atoms with Gasteiger partial charge in [-0.15, -0.1) is 10.2 Å². The lowest BCUT2D eigenvalue weighted by Gasteiger charge is -2.33. The van der Waals surface area contributed by atoms with Crippen molar-refractivity contribution < 1.29 is 14.6 Å². The van der Waals surface area contributed by atoms with E-state index in [1.165, 1.54) is 5.56 Å². The van der Waals surface area contributed by atoms with E-state index in [0.29, 0.717) is 30.3 Å². The molecule has 10 heteroatoms. The summed E-state index contributed by atoms with van der Waals surface area (Å²) in [5.74, 6) is 1.50. The zero-order valence-corrected chi connectivity index (χ0v) is 23.7. The Morgan fingerprint density at radius 3 is 2.59 bits per heavy atom. The highest BCUT2D eigenvalue weighted by Gasteiger charge is 2.27. The lowest BCUT2D eigenvalue weighted by molar-refractivity contribution is 0.0270. The van der Waals surface area contributed by atoms with E-state index in [1.807, 2.05) is 45.2 Å². The number of aromatic amines is 1. The molecule has 2 aliphatic heterocycles. The number of H-pyrrole nitrogens is 1. The molecule has 4 aromatic rings. The van der Waals surface area contributed by atoms with Crippen LogP contribution in [0.15, 0.2) is 55.0 Å². The predicted molar refractivity (Wildman–Crippen MR) is 158 cm³/mol. The Balaban J connectivity index is 1.13. The summed E-state index contributed by atoms with van der Waals surface area (Å²) in [5, 5.41) is 20.1. The number of carbonyl (C=O) groups is 1. The summed E-state index contributed by atoms with van der Waals surface area (Å²) in [4.78, 5) is 28.9. The highest BCUT2D eigenvalue weighted by atomic mass is 16.6. The molecule has 0 bridgehead atoms. The number of benzene rings is 1. The van der Waals surface area contributed by atoms with Crippen LogP contribution in [0.5, 0.6) is 5.75 Å². The first kappa shape index (κ1) is 26.7. The van der Waals surface area contributed by atoms with Crippen molar-refractivity contribution in [2.75, 3.05) is 31.1 Å². The molecule has 1 saturated heterocycles. The number of anilines is 1. The molecule has 41 heavy (non-hydrogen) atoms. The highest BCUT2D eigenvalue weighted by molar-refractivity contribution is 5.84. The lowest BCUT2D eigenvalue weighted by Crippen LogP contribution is -2.39. The third-order valence-corrected chi connectivity index (χ3v) is 7.75. The summed E-state index contributed by atoms with van der Waals surface area (Å²) in [5.41, 5.74) is 4.86. The van der Waals surface area contributed by atoms with Gasteiger partial charge in [-0.25, -0.2) is 14.8 Å². The number of nitrogens with zero attached hydrogens (tertiary/aromatic N) is 6. The molecular formula is C31H35N7O3. The molecule has 0 saturated carbocycles. The van der Waals surface area contributed by atoms with Gasteiger partial charge >= 0.3 is 6.09 Å². The molecule has 0 radical (unpaired) electrons. The quantitative estimate of drug-likeness (QED) is 0.339. The van der Waals surface area contributed by atoms with Gasteiger partial charge in [-0.1, -0.05) is 18.2 Å². The summed E-state index contributed by atoms with van der Waals surface area (Å²) < 4.78 is 5.51. The number of phenols is 1. The maximum Gasteiger partial charge on any atom is 0.410 e. The van der Waals surface area contributed by atoms with Crippen LogP contribution in [-0.4, -0.2) is 73.0 Å². The van der Waals surface area contributed by atoms with E-state index in [1.54, 1.807) is 23.4 Å². The van der Waals surface area contributed by atoms with Crippen LogP contribution in [0.4, 0.5) is 10.6 Å². The van der Waals surface area contributed by atoms with Gasteiger partial charge in [0, 0.05) is 49.4 Å². The van der Waals surface area contributed by atoms with Crippen molar-refractivity contribution in [2.24, 2.45) is 0 Å². The Hall–Kier alpha value is -4.47. The molecule has 5 heterocycles. The van der Waals surface area contributed by atoms with Crippen molar-refractivity contribution in [1.29, 1.82) is 0 Å². The number of ether oxygens (including phenoxy) is 1. The Morgan fingerprint density at radius 2 is 1.85 bits per heavy atom. The van der Waals surface area contributed by atoms with Crippen LogP contribution in [0.25, 0.3) is 27.9 Å². The molecule has 1 aromatic carbocycles. The largest absolute Gasteiger partial charge is 0.507 e. The summed E-state index contributed by atoms with van der Waals surface area (Å²) in [6.45, 7) is 8.51. The van der Waals surface area contributed by atoms with Gasteiger partial charge in [-0.2, -0.15) is 0 Å². The first-order valence-electron chi connectivity index (χ1n) is 14.1. The molecule has 0 aliphatic carbocycles. The minimum atomic E-state index is -0.506. The Kier molecular flexibility index (Phi) is 7.07. The number of amides is 1. The molecular weight excluding hydrogens is 518 g/mol. The molecule has 1 amide bonds. The number of fused-ring (bicyclic) bond motifs is 1. The van der Waals surface area contributed by atoms with Gasteiger partial charge in [0.2, 0.25) is 0 Å². The van der Waals surface area contributed by atoms with Crippen molar-refractivity contribution >= 4 is 28.5 Å². The van der Waals surface area contributed by atoms with E-state index in [-0.39, 0.29) is 11.8 Å². The monoisotopic (exact) mass is 553 g/mol. The number of para-hydroxylation sites is 1. The van der Waals surface area contributed by atoms with Gasteiger partial charge in [0.1, 0.15) is 23.5 Å². The van der Waals surface area contributed by atoms with Crippen molar-refractivity contribution in [3.05, 3.63) is 66.3 Å². The van der Waals surface area contributed by atoms with Gasteiger partial charge < -0.3 is 24.6 Å². The van der Waals surface area contributed by atoms with Crippen molar-refractivity contribution in [2.45, 2.75) is 51.6 Å². The van der Waals surface area contributed by atoms with Crippen LogP contribution in [0.1, 0.15) is 57.2 Å². The van der Waals surface area contributed by atoms with Gasteiger partial charge in [0.05, 0.1) is 11.4 Å². The number of nitrogens with one attached hydrogen (secondary N) is 1. The van der Waals surface area contributed by atoms with Crippen molar-refractivity contribution in [1.82, 2.24) is 30.0 Å². The molecule has 212 valence electrons. The summed E-state index contributed by atoms with van der Waals surface area (Å²) >= 11 is 0. The third-order valence-electron chi connectivity index (χ3n) is 7.75. The third kappa shape index (κ3) is 5.73. The van der Waals surface area contributed by atoms with E-state index in [2.05, 4.69) is 42.2 Å². The van der Waals surface area contributed by atoms with Crippen LogP contribution >= 0.6 is 0 Å². The zero-order valence-electron chi connectivity index (χ0n) is 23.7. The summed E-state index contributed by atoms with van der Waals surface area (Å²) in [7, 11) is 0. The molecule has 2 aliphatic rings. The summed E-state index contributed by atoms with van der Waals surface area (Å²) in [6, 6.07) is 11.3. The number of aromatic nitrogens is 5. The smallest absolute Gasteiger partial charge is 0.410 e. The van der Waals surface area contributed by atoms with Crippen LogP contribution in [0.3, 0.4) is 0 Å². The second-order valence-corrected chi connectivity index (χ2v) is 11.7. The Morgan fingerprint density at radius 1 is 1.05 bits per heavy atom. The summed E-state index contributed by atoms with van der Waals surface area (Å²) in [6.07, 6.45) is 8.15. The Bertz CT molecular complexity index is 1600. The number of carbonyl (C=O) groups excluding carboxylic acids is 1. The van der Waals surface area contributed by atoms with E-state index in [4.69, 9.17) is 4.74 Å². The minimum absolute atomic E-state index is 0.195. The molecule has 10 nitrogen and oxygen atoms in total. The fourth-order valence-corrected chi connectivity index (χ4v) is 5.61. The fourth-order valence-electron chi connectivity index (χ4n) is 5.61. The van der Waals surface area contributed by atoms with Crippen LogP contribution in [-0.2, 0) is 4.74 Å². The average Bonchev–Trinajstić information content (AvgIpc) is 3.40. The molecule has 6 rings (SSSR count). The number of hydrogen-bond acceptors (Lipinski definition) is 8. The first-order chi connectivity index (χ1) is 19.7. The molecule has 1 fully saturated rings. The number of hydrogen-bond donors (Lipinski definition) is 2. The van der Waals surface area contributed by atoms with Gasteiger partial charge in [-0.3, -0.25) is 0 Å². The van der Waals surface area contributed by atoms with Crippen LogP contribution < -0.4 is 4.90 Å². The lowest BCUT2D eigenvalue weighted by atomic mass is 9.89. The van der Waals surface area contributed by atoms with Crippen LogP contribution in [0, 0.1) is 0 Å². The SMILES string of the molecule is CC(C)(C)OC(=O)N1CC=C(c2cc(N3CCC(c4c[nH]c5nnc(-c6ccccc6O)cc45)CC3)ncn2)CC1. The molecule has 0 spiro atoms. The normalized spacial score (nSPS) is 16.6. The predicted octanol–water partition coefficient (Wildman–Crippen LogP) is 5.53. The van der Waals surface area contributed by atoms with Crippen LogP contribution in [0.2, 0.25) is 0 Å². The Labute approximate surface area is 239 Å². The van der Waals surface area contributed by atoms with E-state index in [9.17, 15) is 9.90 Å². The van der Waals surface area contributed by atoms with E-state index in [0.717, 1.165) is 60.5 Å². The minimum Gasteiger partial charge on any atom is -0.507 e. The standard InChI is InChI=1S/C31H35N7O3/c1-31(2,3)41-30(40)38-14-10-21(11-15-38)25-17-28(34-19-33-25)37-12-8-20(9-13-37)24-18-32-29-23(24)16-26(35-36-29)22-6-4-5-7-27(22)39/h4-7,10,16-20,39H,8-9,11-15H2,1-3H3,(H,32,36). The zero-order chi connectivity index (χ0) is 28.6. The van der Waals surface area contributed by atoms with E-state index < -0.39 is 5.60 Å². The highest BCUT2D eigenvalue weighted by Crippen LogP contribution is 2.36. The fraction of sp³-hybridized carbons (Fsp3) is 0.387. The number of piperidine rings is 1. The van der Waals surface area contributed by atoms with Crippen molar-refractivity contribution in [3.8, 4) is 17.0 Å². The molecule has 2 N–H and O–H groups in total. The van der Waals surface area contributed by atoms with Gasteiger partial charge in [-0.05, 0) is 75.3 Å². The maximum atomic E-state index is 12.4. The van der Waals surface area contributed by atoms with Gasteiger partial charge in [0.15, 0.2) is 5.65 Å². The molecule has 3 aromatic heterocycles. The maximum absolute atomic E-state index is 12.4.